The predicted molar refractivity (Wildman–Crippen MR) is 65.8 cm³/mol. The van der Waals surface area contributed by atoms with Gasteiger partial charge in [0.2, 0.25) is 0 Å². The number of hydrogen-bond donors (Lipinski definition) is 1. The second-order valence-corrected chi connectivity index (χ2v) is 3.83. The highest BCUT2D eigenvalue weighted by Crippen LogP contribution is 2.05. The van der Waals surface area contributed by atoms with Crippen molar-refractivity contribution in [3.8, 4) is 0 Å². The van der Waals surface area contributed by atoms with Gasteiger partial charge in [-0.1, -0.05) is 33.1 Å². The zero-order valence-electron chi connectivity index (χ0n) is 10.4. The summed E-state index contributed by atoms with van der Waals surface area (Å²) >= 11 is 0. The molecule has 0 saturated heterocycles. The van der Waals surface area contributed by atoms with Crippen molar-refractivity contribution in [2.24, 2.45) is 0 Å². The van der Waals surface area contributed by atoms with Crippen LogP contribution >= 0.6 is 0 Å². The van der Waals surface area contributed by atoms with Crippen LogP contribution in [0, 0.1) is 0 Å². The average Bonchev–Trinajstić information content (AvgIpc) is 2.24. The lowest BCUT2D eigenvalue weighted by atomic mass is 10.1. The Bertz CT molecular complexity index is 197. The fourth-order valence-corrected chi connectivity index (χ4v) is 1.50. The van der Waals surface area contributed by atoms with Crippen molar-refractivity contribution in [2.45, 2.75) is 59.3 Å². The van der Waals surface area contributed by atoms with Gasteiger partial charge in [0, 0.05) is 18.7 Å². The van der Waals surface area contributed by atoms with Crippen LogP contribution in [0.2, 0.25) is 0 Å². The predicted octanol–water partition coefficient (Wildman–Crippen LogP) is 3.43. The number of carbonyl (C=O) groups excluding carboxylic acids is 1. The van der Waals surface area contributed by atoms with E-state index < -0.39 is 0 Å². The topological polar surface area (TPSA) is 29.1 Å². The van der Waals surface area contributed by atoms with Crippen molar-refractivity contribution >= 4 is 5.78 Å². The van der Waals surface area contributed by atoms with Crippen molar-refractivity contribution in [3.05, 3.63) is 11.8 Å². The van der Waals surface area contributed by atoms with Gasteiger partial charge >= 0.3 is 0 Å². The summed E-state index contributed by atoms with van der Waals surface area (Å²) in [5.41, 5.74) is 1.07. The number of hydrogen-bond acceptors (Lipinski definition) is 2. The van der Waals surface area contributed by atoms with E-state index in [2.05, 4.69) is 26.1 Å². The number of rotatable bonds is 9. The van der Waals surface area contributed by atoms with E-state index in [9.17, 15) is 4.79 Å². The van der Waals surface area contributed by atoms with Crippen molar-refractivity contribution in [1.82, 2.24) is 5.32 Å². The lowest BCUT2D eigenvalue weighted by Crippen LogP contribution is -2.13. The lowest BCUT2D eigenvalue weighted by molar-refractivity contribution is -0.114. The molecule has 0 aliphatic carbocycles. The molecule has 0 aromatic carbocycles. The van der Waals surface area contributed by atoms with Gasteiger partial charge in [-0.05, 0) is 25.8 Å². The van der Waals surface area contributed by atoms with Crippen LogP contribution in [0.3, 0.4) is 0 Å². The molecule has 0 heterocycles. The molecule has 0 aliphatic rings. The summed E-state index contributed by atoms with van der Waals surface area (Å²) < 4.78 is 0. The molecular formula is C13H25NO. The largest absolute Gasteiger partial charge is 0.389 e. The average molecular weight is 211 g/mol. The number of allylic oxidation sites excluding steroid dienone is 2. The minimum Gasteiger partial charge on any atom is -0.389 e. The van der Waals surface area contributed by atoms with E-state index >= 15 is 0 Å². The van der Waals surface area contributed by atoms with Gasteiger partial charge in [-0.25, -0.2) is 0 Å². The Kier molecular flexibility index (Phi) is 9.24. The summed E-state index contributed by atoms with van der Waals surface area (Å²) in [5.74, 6) is 0.268. The normalized spacial score (nSPS) is 11.5. The molecule has 88 valence electrons. The van der Waals surface area contributed by atoms with Crippen LogP contribution in [-0.4, -0.2) is 12.3 Å². The molecule has 0 bridgehead atoms. The first-order chi connectivity index (χ1) is 7.24. The SMILES string of the molecule is CCCCCCC(=O)C=C(CC)NCC. The molecular weight excluding hydrogens is 186 g/mol. The Morgan fingerprint density at radius 3 is 2.40 bits per heavy atom. The van der Waals surface area contributed by atoms with Gasteiger partial charge in [0.05, 0.1) is 0 Å². The highest BCUT2D eigenvalue weighted by molar-refractivity contribution is 5.90. The van der Waals surface area contributed by atoms with E-state index in [1.54, 1.807) is 6.08 Å². The summed E-state index contributed by atoms with van der Waals surface area (Å²) in [4.78, 5) is 11.5. The highest BCUT2D eigenvalue weighted by atomic mass is 16.1. The van der Waals surface area contributed by atoms with Gasteiger partial charge in [-0.15, -0.1) is 0 Å². The van der Waals surface area contributed by atoms with E-state index in [0.29, 0.717) is 6.42 Å². The second-order valence-electron chi connectivity index (χ2n) is 3.83. The lowest BCUT2D eigenvalue weighted by Gasteiger charge is -2.05. The maximum atomic E-state index is 11.5. The van der Waals surface area contributed by atoms with Crippen LogP contribution in [0.1, 0.15) is 59.3 Å². The molecule has 2 nitrogen and oxygen atoms in total. The smallest absolute Gasteiger partial charge is 0.157 e. The van der Waals surface area contributed by atoms with Crippen LogP contribution < -0.4 is 5.32 Å². The van der Waals surface area contributed by atoms with Crippen molar-refractivity contribution < 1.29 is 4.79 Å². The molecule has 1 N–H and O–H groups in total. The van der Waals surface area contributed by atoms with Gasteiger partial charge in [0.25, 0.3) is 0 Å². The first-order valence-electron chi connectivity index (χ1n) is 6.21. The number of ketones is 1. The summed E-state index contributed by atoms with van der Waals surface area (Å²) in [7, 11) is 0. The third-order valence-corrected chi connectivity index (χ3v) is 2.40. The second kappa shape index (κ2) is 9.75. The molecule has 0 radical (unpaired) electrons. The summed E-state index contributed by atoms with van der Waals surface area (Å²) in [6, 6.07) is 0. The van der Waals surface area contributed by atoms with Crippen LogP contribution in [0.15, 0.2) is 11.8 Å². The van der Waals surface area contributed by atoms with Crippen LogP contribution in [0.5, 0.6) is 0 Å². The Hall–Kier alpha value is -0.790. The molecule has 0 aliphatic heterocycles. The third-order valence-electron chi connectivity index (χ3n) is 2.40. The van der Waals surface area contributed by atoms with Gasteiger partial charge in [-0.2, -0.15) is 0 Å². The fraction of sp³-hybridized carbons (Fsp3) is 0.769. The van der Waals surface area contributed by atoms with Crippen LogP contribution in [0.4, 0.5) is 0 Å². The standard InChI is InChI=1S/C13H25NO/c1-4-7-8-9-10-13(15)11-12(5-2)14-6-3/h11,14H,4-10H2,1-3H3. The zero-order chi connectivity index (χ0) is 11.5. The van der Waals surface area contributed by atoms with E-state index in [4.69, 9.17) is 0 Å². The Morgan fingerprint density at radius 2 is 1.87 bits per heavy atom. The minimum atomic E-state index is 0.268. The molecule has 2 heteroatoms. The molecule has 0 unspecified atom stereocenters. The Morgan fingerprint density at radius 1 is 1.13 bits per heavy atom. The van der Waals surface area contributed by atoms with Crippen LogP contribution in [0.25, 0.3) is 0 Å². The minimum absolute atomic E-state index is 0.268. The van der Waals surface area contributed by atoms with Crippen LogP contribution in [-0.2, 0) is 4.79 Å². The van der Waals surface area contributed by atoms with E-state index in [0.717, 1.165) is 25.1 Å². The van der Waals surface area contributed by atoms with Crippen molar-refractivity contribution in [2.75, 3.05) is 6.54 Å². The Labute approximate surface area is 94.1 Å². The van der Waals surface area contributed by atoms with E-state index in [1.807, 2.05) is 0 Å². The molecule has 0 rings (SSSR count). The maximum Gasteiger partial charge on any atom is 0.157 e. The maximum absolute atomic E-state index is 11.5. The van der Waals surface area contributed by atoms with Gasteiger partial charge < -0.3 is 5.32 Å². The first kappa shape index (κ1) is 14.2. The van der Waals surface area contributed by atoms with E-state index in [-0.39, 0.29) is 5.78 Å². The Balaban J connectivity index is 3.77. The molecule has 0 amide bonds. The highest BCUT2D eigenvalue weighted by Gasteiger charge is 1.99. The molecule has 0 atom stereocenters. The third kappa shape index (κ3) is 8.22. The number of unbranched alkanes of at least 4 members (excludes halogenated alkanes) is 3. The molecule has 0 aromatic rings. The monoisotopic (exact) mass is 211 g/mol. The summed E-state index contributed by atoms with van der Waals surface area (Å²) in [6.45, 7) is 7.19. The summed E-state index contributed by atoms with van der Waals surface area (Å²) in [6.07, 6.45) is 8.07. The van der Waals surface area contributed by atoms with E-state index in [1.165, 1.54) is 19.3 Å². The van der Waals surface area contributed by atoms with Crippen molar-refractivity contribution in [1.29, 1.82) is 0 Å². The zero-order valence-corrected chi connectivity index (χ0v) is 10.4. The molecule has 15 heavy (non-hydrogen) atoms. The molecule has 0 aromatic heterocycles. The van der Waals surface area contributed by atoms with Gasteiger partial charge in [0.1, 0.15) is 0 Å². The number of carbonyl (C=O) groups is 1. The number of nitrogens with one attached hydrogen (secondary N) is 1. The molecule has 0 spiro atoms. The first-order valence-corrected chi connectivity index (χ1v) is 6.21. The molecule has 0 saturated carbocycles. The quantitative estimate of drug-likeness (QED) is 0.467. The molecule has 0 fully saturated rings. The summed E-state index contributed by atoms with van der Waals surface area (Å²) in [5, 5.41) is 3.21. The van der Waals surface area contributed by atoms with Gasteiger partial charge in [0.15, 0.2) is 5.78 Å². The van der Waals surface area contributed by atoms with Crippen molar-refractivity contribution in [3.63, 3.8) is 0 Å². The van der Waals surface area contributed by atoms with Gasteiger partial charge in [-0.3, -0.25) is 4.79 Å². The fourth-order valence-electron chi connectivity index (χ4n) is 1.50.